The lowest BCUT2D eigenvalue weighted by Crippen LogP contribution is -2.23. The predicted octanol–water partition coefficient (Wildman–Crippen LogP) is 2.68. The first-order valence-electron chi connectivity index (χ1n) is 4.83. The number of nitrogens with one attached hydrogen (secondary N) is 1. The van der Waals surface area contributed by atoms with E-state index >= 15 is 0 Å². The Balaban J connectivity index is 2.20. The Hall–Kier alpha value is -0.700. The average molecular weight is 396 g/mol. The third kappa shape index (κ3) is 3.19. The van der Waals surface area contributed by atoms with E-state index in [1.165, 1.54) is 12.3 Å². The highest BCUT2D eigenvalue weighted by Gasteiger charge is 2.17. The zero-order valence-corrected chi connectivity index (χ0v) is 12.9. The number of sulfonamides is 1. The highest BCUT2D eigenvalue weighted by molar-refractivity contribution is 9.11. The second-order valence-electron chi connectivity index (χ2n) is 3.39. The lowest BCUT2D eigenvalue weighted by molar-refractivity contribution is 0.411. The quantitative estimate of drug-likeness (QED) is 0.863. The van der Waals surface area contributed by atoms with Crippen LogP contribution in [-0.4, -0.2) is 13.6 Å². The molecule has 96 valence electrons. The summed E-state index contributed by atoms with van der Waals surface area (Å²) in [5.41, 5.74) is 0.520. The molecule has 8 heteroatoms. The van der Waals surface area contributed by atoms with Crippen LogP contribution in [0.15, 0.2) is 48.9 Å². The molecule has 0 saturated heterocycles. The molecular formula is C10H8Br2N2O3S. The maximum absolute atomic E-state index is 12.0. The number of hydrogen-bond donors (Lipinski definition) is 1. The van der Waals surface area contributed by atoms with Gasteiger partial charge in [0.1, 0.15) is 6.26 Å². The van der Waals surface area contributed by atoms with Crippen LogP contribution in [0.4, 0.5) is 0 Å². The van der Waals surface area contributed by atoms with Crippen LogP contribution in [0.5, 0.6) is 0 Å². The summed E-state index contributed by atoms with van der Waals surface area (Å²) in [5, 5.41) is 3.63. The SMILES string of the molecule is O=S(=O)(NCc1ccon1)c1ccc(Br)cc1Br. The molecule has 2 aromatic rings. The van der Waals surface area contributed by atoms with Crippen molar-refractivity contribution in [3.63, 3.8) is 0 Å². The summed E-state index contributed by atoms with van der Waals surface area (Å²) in [6.45, 7) is 0.0847. The van der Waals surface area contributed by atoms with Crippen molar-refractivity contribution in [1.82, 2.24) is 9.88 Å². The molecule has 1 N–H and O–H groups in total. The summed E-state index contributed by atoms with van der Waals surface area (Å²) >= 11 is 6.48. The van der Waals surface area contributed by atoms with Crippen LogP contribution >= 0.6 is 31.9 Å². The van der Waals surface area contributed by atoms with Crippen LogP contribution in [0.3, 0.4) is 0 Å². The van der Waals surface area contributed by atoms with E-state index in [9.17, 15) is 8.42 Å². The number of halogens is 2. The lowest BCUT2D eigenvalue weighted by Gasteiger charge is -2.07. The topological polar surface area (TPSA) is 72.2 Å². The van der Waals surface area contributed by atoms with Gasteiger partial charge in [0.25, 0.3) is 0 Å². The van der Waals surface area contributed by atoms with Gasteiger partial charge in [-0.05, 0) is 34.1 Å². The lowest BCUT2D eigenvalue weighted by atomic mass is 10.4. The molecule has 18 heavy (non-hydrogen) atoms. The van der Waals surface area contributed by atoms with Gasteiger partial charge in [-0.2, -0.15) is 0 Å². The van der Waals surface area contributed by atoms with Gasteiger partial charge in [-0.3, -0.25) is 0 Å². The van der Waals surface area contributed by atoms with Gasteiger partial charge in [-0.15, -0.1) is 0 Å². The molecule has 0 atom stereocenters. The van der Waals surface area contributed by atoms with Gasteiger partial charge in [-0.1, -0.05) is 21.1 Å². The van der Waals surface area contributed by atoms with E-state index in [2.05, 4.69) is 46.3 Å². The van der Waals surface area contributed by atoms with Crippen molar-refractivity contribution in [3.05, 3.63) is 45.2 Å². The van der Waals surface area contributed by atoms with Crippen LogP contribution in [0, 0.1) is 0 Å². The van der Waals surface area contributed by atoms with Crippen LogP contribution in [-0.2, 0) is 16.6 Å². The van der Waals surface area contributed by atoms with Gasteiger partial charge in [0.15, 0.2) is 0 Å². The Kier molecular flexibility index (Phi) is 4.21. The molecule has 0 bridgehead atoms. The summed E-state index contributed by atoms with van der Waals surface area (Å²) < 4.78 is 32.4. The van der Waals surface area contributed by atoms with Crippen molar-refractivity contribution >= 4 is 41.9 Å². The molecule has 0 radical (unpaired) electrons. The number of benzene rings is 1. The first-order chi connectivity index (χ1) is 8.49. The van der Waals surface area contributed by atoms with Crippen molar-refractivity contribution in [1.29, 1.82) is 0 Å². The minimum Gasteiger partial charge on any atom is -0.364 e. The number of nitrogens with zero attached hydrogens (tertiary/aromatic N) is 1. The van der Waals surface area contributed by atoms with Crippen LogP contribution in [0.1, 0.15) is 5.69 Å². The van der Waals surface area contributed by atoms with Crippen molar-refractivity contribution in [2.24, 2.45) is 0 Å². The van der Waals surface area contributed by atoms with E-state index in [0.29, 0.717) is 10.2 Å². The van der Waals surface area contributed by atoms with E-state index in [1.54, 1.807) is 18.2 Å². The summed E-state index contributed by atoms with van der Waals surface area (Å²) in [6.07, 6.45) is 1.39. The number of hydrogen-bond acceptors (Lipinski definition) is 4. The maximum Gasteiger partial charge on any atom is 0.242 e. The molecule has 0 amide bonds. The van der Waals surface area contributed by atoms with E-state index in [1.807, 2.05) is 0 Å². The van der Waals surface area contributed by atoms with Gasteiger partial charge in [0.05, 0.1) is 17.1 Å². The fourth-order valence-electron chi connectivity index (χ4n) is 1.27. The molecule has 1 aromatic carbocycles. The Morgan fingerprint density at radius 2 is 2.06 bits per heavy atom. The first-order valence-corrected chi connectivity index (χ1v) is 7.90. The van der Waals surface area contributed by atoms with Gasteiger partial charge >= 0.3 is 0 Å². The normalized spacial score (nSPS) is 11.7. The fraction of sp³-hybridized carbons (Fsp3) is 0.100. The average Bonchev–Trinajstić information content (AvgIpc) is 2.78. The molecule has 0 fully saturated rings. The standard InChI is InChI=1S/C10H8Br2N2O3S/c11-7-1-2-10(9(12)5-7)18(15,16)13-6-8-3-4-17-14-8/h1-5,13H,6H2. The van der Waals surface area contributed by atoms with Crippen LogP contribution in [0.25, 0.3) is 0 Å². The van der Waals surface area contributed by atoms with Crippen molar-refractivity contribution in [2.45, 2.75) is 11.4 Å². The Labute approximate surface area is 121 Å². The molecular weight excluding hydrogens is 388 g/mol. The van der Waals surface area contributed by atoms with Gasteiger partial charge in [-0.25, -0.2) is 13.1 Å². The van der Waals surface area contributed by atoms with Crippen LogP contribution < -0.4 is 4.72 Å². The highest BCUT2D eigenvalue weighted by Crippen LogP contribution is 2.25. The van der Waals surface area contributed by atoms with E-state index in [0.717, 1.165) is 4.47 Å². The molecule has 1 heterocycles. The Morgan fingerprint density at radius 3 is 2.67 bits per heavy atom. The molecule has 0 saturated carbocycles. The van der Waals surface area contributed by atoms with E-state index in [-0.39, 0.29) is 11.4 Å². The van der Waals surface area contributed by atoms with Crippen molar-refractivity contribution in [2.75, 3.05) is 0 Å². The number of rotatable bonds is 4. The summed E-state index contributed by atoms with van der Waals surface area (Å²) in [4.78, 5) is 0.175. The van der Waals surface area contributed by atoms with Crippen molar-refractivity contribution < 1.29 is 12.9 Å². The molecule has 5 nitrogen and oxygen atoms in total. The molecule has 0 spiro atoms. The molecule has 0 aliphatic rings. The molecule has 2 rings (SSSR count). The highest BCUT2D eigenvalue weighted by atomic mass is 79.9. The van der Waals surface area contributed by atoms with E-state index in [4.69, 9.17) is 0 Å². The Bertz CT molecular complexity index is 641. The fourth-order valence-corrected chi connectivity index (χ4v) is 4.01. The molecule has 0 aliphatic heterocycles. The number of aromatic nitrogens is 1. The van der Waals surface area contributed by atoms with Gasteiger partial charge in [0.2, 0.25) is 10.0 Å². The van der Waals surface area contributed by atoms with E-state index < -0.39 is 10.0 Å². The molecule has 0 unspecified atom stereocenters. The second-order valence-corrected chi connectivity index (χ2v) is 6.90. The zero-order valence-electron chi connectivity index (χ0n) is 8.93. The Morgan fingerprint density at radius 1 is 1.28 bits per heavy atom. The smallest absolute Gasteiger partial charge is 0.242 e. The zero-order chi connectivity index (χ0) is 13.2. The minimum atomic E-state index is -3.58. The second kappa shape index (κ2) is 5.52. The molecule has 1 aromatic heterocycles. The summed E-state index contributed by atoms with van der Waals surface area (Å²) in [7, 11) is -3.58. The predicted molar refractivity (Wildman–Crippen MR) is 72.4 cm³/mol. The summed E-state index contributed by atoms with van der Waals surface area (Å²) in [5.74, 6) is 0. The summed E-state index contributed by atoms with van der Waals surface area (Å²) in [6, 6.07) is 6.44. The maximum atomic E-state index is 12.0. The minimum absolute atomic E-state index is 0.0847. The third-order valence-corrected chi connectivity index (χ3v) is 4.99. The third-order valence-electron chi connectivity index (χ3n) is 2.12. The molecule has 0 aliphatic carbocycles. The monoisotopic (exact) mass is 394 g/mol. The van der Waals surface area contributed by atoms with Gasteiger partial charge < -0.3 is 4.52 Å². The first kappa shape index (κ1) is 13.7. The van der Waals surface area contributed by atoms with Crippen LogP contribution in [0.2, 0.25) is 0 Å². The largest absolute Gasteiger partial charge is 0.364 e. The van der Waals surface area contributed by atoms with Crippen molar-refractivity contribution in [3.8, 4) is 0 Å². The van der Waals surface area contributed by atoms with Gasteiger partial charge in [0, 0.05) is 15.0 Å².